The SMILES string of the molecule is CC(=O)O[C@H](C(C)C)[C@@H]1CC(=O)OC1(C)C. The van der Waals surface area contributed by atoms with Gasteiger partial charge in [0.25, 0.3) is 0 Å². The lowest BCUT2D eigenvalue weighted by Crippen LogP contribution is -2.41. The van der Waals surface area contributed by atoms with E-state index in [1.807, 2.05) is 27.7 Å². The lowest BCUT2D eigenvalue weighted by molar-refractivity contribution is -0.157. The number of cyclic esters (lactones) is 1. The average Bonchev–Trinajstić information content (AvgIpc) is 2.34. The standard InChI is InChI=1S/C12H20O4/c1-7(2)11(15-8(3)13)9-6-10(14)16-12(9,4)5/h7,9,11H,6H2,1-5H3/t9-,11+/m0/s1. The van der Waals surface area contributed by atoms with Crippen LogP contribution in [0.2, 0.25) is 0 Å². The second kappa shape index (κ2) is 4.44. The fourth-order valence-corrected chi connectivity index (χ4v) is 2.22. The van der Waals surface area contributed by atoms with Gasteiger partial charge in [-0.25, -0.2) is 0 Å². The number of hydrogen-bond donors (Lipinski definition) is 0. The largest absolute Gasteiger partial charge is 0.462 e. The van der Waals surface area contributed by atoms with Crippen molar-refractivity contribution in [2.24, 2.45) is 11.8 Å². The molecule has 1 aliphatic heterocycles. The highest BCUT2D eigenvalue weighted by Crippen LogP contribution is 2.38. The summed E-state index contributed by atoms with van der Waals surface area (Å²) in [5.41, 5.74) is -0.554. The van der Waals surface area contributed by atoms with Crippen LogP contribution in [-0.2, 0) is 19.1 Å². The van der Waals surface area contributed by atoms with Gasteiger partial charge in [-0.15, -0.1) is 0 Å². The third-order valence-corrected chi connectivity index (χ3v) is 3.01. The van der Waals surface area contributed by atoms with Crippen LogP contribution in [-0.4, -0.2) is 23.6 Å². The van der Waals surface area contributed by atoms with Crippen molar-refractivity contribution >= 4 is 11.9 Å². The molecule has 1 rings (SSSR count). The molecule has 0 unspecified atom stereocenters. The molecule has 92 valence electrons. The van der Waals surface area contributed by atoms with Gasteiger partial charge in [0.2, 0.25) is 0 Å². The Labute approximate surface area is 96.3 Å². The van der Waals surface area contributed by atoms with Crippen LogP contribution in [0.5, 0.6) is 0 Å². The Kier molecular flexibility index (Phi) is 3.61. The monoisotopic (exact) mass is 228 g/mol. The van der Waals surface area contributed by atoms with E-state index in [4.69, 9.17) is 9.47 Å². The molecule has 0 aliphatic carbocycles. The summed E-state index contributed by atoms with van der Waals surface area (Å²) in [4.78, 5) is 22.4. The number of ether oxygens (including phenoxy) is 2. The molecule has 0 radical (unpaired) electrons. The minimum atomic E-state index is -0.554. The van der Waals surface area contributed by atoms with Gasteiger partial charge in [0.1, 0.15) is 11.7 Å². The molecule has 0 saturated carbocycles. The van der Waals surface area contributed by atoms with E-state index >= 15 is 0 Å². The van der Waals surface area contributed by atoms with Crippen molar-refractivity contribution in [3.05, 3.63) is 0 Å². The maximum atomic E-state index is 11.3. The Morgan fingerprint density at radius 2 is 2.06 bits per heavy atom. The van der Waals surface area contributed by atoms with E-state index in [-0.39, 0.29) is 29.9 Å². The third-order valence-electron chi connectivity index (χ3n) is 3.01. The van der Waals surface area contributed by atoms with Gasteiger partial charge in [0.15, 0.2) is 0 Å². The molecule has 0 aromatic carbocycles. The van der Waals surface area contributed by atoms with Crippen LogP contribution in [0.15, 0.2) is 0 Å². The lowest BCUT2D eigenvalue weighted by Gasteiger charge is -2.33. The maximum Gasteiger partial charge on any atom is 0.306 e. The van der Waals surface area contributed by atoms with Crippen molar-refractivity contribution in [2.75, 3.05) is 0 Å². The van der Waals surface area contributed by atoms with Gasteiger partial charge in [-0.1, -0.05) is 13.8 Å². The predicted octanol–water partition coefficient (Wildman–Crippen LogP) is 1.92. The van der Waals surface area contributed by atoms with Crippen LogP contribution >= 0.6 is 0 Å². The number of hydrogen-bond acceptors (Lipinski definition) is 4. The quantitative estimate of drug-likeness (QED) is 0.692. The molecule has 4 nitrogen and oxygen atoms in total. The van der Waals surface area contributed by atoms with Crippen molar-refractivity contribution in [3.63, 3.8) is 0 Å². The van der Waals surface area contributed by atoms with Gasteiger partial charge >= 0.3 is 11.9 Å². The van der Waals surface area contributed by atoms with E-state index in [0.29, 0.717) is 6.42 Å². The van der Waals surface area contributed by atoms with E-state index in [2.05, 4.69) is 0 Å². The fraction of sp³-hybridized carbons (Fsp3) is 0.833. The second-order valence-electron chi connectivity index (χ2n) is 5.21. The van der Waals surface area contributed by atoms with E-state index in [1.165, 1.54) is 6.92 Å². The molecule has 0 aromatic heterocycles. The van der Waals surface area contributed by atoms with E-state index in [9.17, 15) is 9.59 Å². The maximum absolute atomic E-state index is 11.3. The summed E-state index contributed by atoms with van der Waals surface area (Å²) in [6.45, 7) is 9.07. The summed E-state index contributed by atoms with van der Waals surface area (Å²) < 4.78 is 10.6. The molecular formula is C12H20O4. The average molecular weight is 228 g/mol. The molecule has 2 atom stereocenters. The molecule has 0 aromatic rings. The van der Waals surface area contributed by atoms with Crippen molar-refractivity contribution in [1.82, 2.24) is 0 Å². The summed E-state index contributed by atoms with van der Waals surface area (Å²) >= 11 is 0. The molecule has 0 amide bonds. The molecule has 1 saturated heterocycles. The van der Waals surface area contributed by atoms with Crippen LogP contribution in [0.25, 0.3) is 0 Å². The molecule has 1 fully saturated rings. The molecule has 0 bridgehead atoms. The van der Waals surface area contributed by atoms with Gasteiger partial charge < -0.3 is 9.47 Å². The van der Waals surface area contributed by atoms with E-state index < -0.39 is 5.60 Å². The van der Waals surface area contributed by atoms with Crippen molar-refractivity contribution in [3.8, 4) is 0 Å². The molecule has 4 heteroatoms. The van der Waals surface area contributed by atoms with Crippen LogP contribution in [0.3, 0.4) is 0 Å². The summed E-state index contributed by atoms with van der Waals surface area (Å²) in [7, 11) is 0. The minimum Gasteiger partial charge on any atom is -0.462 e. The third kappa shape index (κ3) is 2.74. The van der Waals surface area contributed by atoms with Crippen molar-refractivity contribution < 1.29 is 19.1 Å². The zero-order chi connectivity index (χ0) is 12.5. The minimum absolute atomic E-state index is 0.0658. The Balaban J connectivity index is 2.86. The van der Waals surface area contributed by atoms with Gasteiger partial charge in [-0.2, -0.15) is 0 Å². The van der Waals surface area contributed by atoms with Gasteiger partial charge in [0.05, 0.1) is 6.42 Å². The highest BCUT2D eigenvalue weighted by molar-refractivity contribution is 5.73. The van der Waals surface area contributed by atoms with E-state index in [1.54, 1.807) is 0 Å². The molecule has 0 N–H and O–H groups in total. The number of rotatable bonds is 3. The smallest absolute Gasteiger partial charge is 0.306 e. The van der Waals surface area contributed by atoms with Crippen molar-refractivity contribution in [1.29, 1.82) is 0 Å². The summed E-state index contributed by atoms with van der Waals surface area (Å²) in [5, 5.41) is 0. The summed E-state index contributed by atoms with van der Waals surface area (Å²) in [6.07, 6.45) is 0.0577. The highest BCUT2D eigenvalue weighted by atomic mass is 16.6. The Morgan fingerprint density at radius 1 is 1.50 bits per heavy atom. The molecular weight excluding hydrogens is 208 g/mol. The highest BCUT2D eigenvalue weighted by Gasteiger charge is 2.48. The van der Waals surface area contributed by atoms with Crippen LogP contribution in [0.1, 0.15) is 41.0 Å². The van der Waals surface area contributed by atoms with Crippen molar-refractivity contribution in [2.45, 2.75) is 52.7 Å². The van der Waals surface area contributed by atoms with Gasteiger partial charge in [-0.05, 0) is 19.8 Å². The molecule has 1 aliphatic rings. The van der Waals surface area contributed by atoms with E-state index in [0.717, 1.165) is 0 Å². The Bertz CT molecular complexity index is 293. The first-order chi connectivity index (χ1) is 7.24. The van der Waals surface area contributed by atoms with Gasteiger partial charge in [0, 0.05) is 12.8 Å². The van der Waals surface area contributed by atoms with Gasteiger partial charge in [-0.3, -0.25) is 9.59 Å². The topological polar surface area (TPSA) is 52.6 Å². The number of carbonyl (C=O) groups excluding carboxylic acids is 2. The van der Waals surface area contributed by atoms with Crippen LogP contribution < -0.4 is 0 Å². The molecule has 0 spiro atoms. The first kappa shape index (κ1) is 13.0. The summed E-state index contributed by atoms with van der Waals surface area (Å²) in [6, 6.07) is 0. The molecule has 16 heavy (non-hydrogen) atoms. The Hall–Kier alpha value is -1.06. The zero-order valence-electron chi connectivity index (χ0n) is 10.6. The predicted molar refractivity (Wildman–Crippen MR) is 58.7 cm³/mol. The number of carbonyl (C=O) groups is 2. The Morgan fingerprint density at radius 3 is 2.38 bits per heavy atom. The second-order valence-corrected chi connectivity index (χ2v) is 5.21. The first-order valence-corrected chi connectivity index (χ1v) is 5.63. The summed E-state index contributed by atoms with van der Waals surface area (Å²) in [5.74, 6) is -0.423. The number of esters is 2. The zero-order valence-corrected chi connectivity index (χ0v) is 10.6. The fourth-order valence-electron chi connectivity index (χ4n) is 2.22. The normalized spacial score (nSPS) is 25.4. The first-order valence-electron chi connectivity index (χ1n) is 5.63. The molecule has 1 heterocycles. The van der Waals surface area contributed by atoms with Crippen LogP contribution in [0.4, 0.5) is 0 Å². The lowest BCUT2D eigenvalue weighted by atomic mass is 9.81. The van der Waals surface area contributed by atoms with Crippen LogP contribution in [0, 0.1) is 11.8 Å².